The summed E-state index contributed by atoms with van der Waals surface area (Å²) in [6, 6.07) is 3.84. The summed E-state index contributed by atoms with van der Waals surface area (Å²) in [5.41, 5.74) is 7.46. The average molecular weight is 298 g/mol. The van der Waals surface area contributed by atoms with Gasteiger partial charge in [-0.3, -0.25) is 0 Å². The number of anilines is 2. The number of nitrogens with two attached hydrogens (primary N) is 2. The summed E-state index contributed by atoms with van der Waals surface area (Å²) < 4.78 is 23.0. The Hall–Kier alpha value is -1.31. The van der Waals surface area contributed by atoms with E-state index in [0.29, 0.717) is 17.3 Å². The first-order valence-corrected chi connectivity index (χ1v) is 8.20. The van der Waals surface area contributed by atoms with Gasteiger partial charge in [-0.05, 0) is 44.5 Å². The van der Waals surface area contributed by atoms with E-state index in [1.807, 2.05) is 0 Å². The van der Waals surface area contributed by atoms with E-state index < -0.39 is 10.0 Å². The molecule has 1 aliphatic rings. The van der Waals surface area contributed by atoms with Crippen LogP contribution in [-0.4, -0.2) is 39.5 Å². The van der Waals surface area contributed by atoms with Gasteiger partial charge >= 0.3 is 0 Å². The van der Waals surface area contributed by atoms with Gasteiger partial charge in [-0.25, -0.2) is 13.6 Å². The quantitative estimate of drug-likeness (QED) is 0.672. The molecule has 112 valence electrons. The molecule has 1 fully saturated rings. The van der Waals surface area contributed by atoms with Crippen LogP contribution in [-0.2, 0) is 10.0 Å². The molecule has 0 heterocycles. The highest BCUT2D eigenvalue weighted by atomic mass is 32.2. The third-order valence-electron chi connectivity index (χ3n) is 3.64. The normalized spacial score (nSPS) is 15.6. The van der Waals surface area contributed by atoms with Gasteiger partial charge in [-0.1, -0.05) is 0 Å². The maximum absolute atomic E-state index is 11.5. The van der Waals surface area contributed by atoms with Crippen molar-refractivity contribution in [2.24, 2.45) is 5.14 Å². The van der Waals surface area contributed by atoms with Crippen LogP contribution in [0.1, 0.15) is 18.4 Å². The summed E-state index contributed by atoms with van der Waals surface area (Å²) in [7, 11) is -1.66. The van der Waals surface area contributed by atoms with E-state index in [9.17, 15) is 8.42 Å². The molecule has 0 spiro atoms. The summed E-state index contributed by atoms with van der Waals surface area (Å²) in [6.07, 6.45) is 2.53. The predicted molar refractivity (Wildman–Crippen MR) is 81.1 cm³/mol. The van der Waals surface area contributed by atoms with Crippen LogP contribution in [0.4, 0.5) is 11.4 Å². The number of hydrogen-bond acceptors (Lipinski definition) is 5. The molecule has 0 radical (unpaired) electrons. The number of sulfonamides is 1. The topological polar surface area (TPSA) is 101 Å². The van der Waals surface area contributed by atoms with Crippen molar-refractivity contribution >= 4 is 21.4 Å². The van der Waals surface area contributed by atoms with Crippen LogP contribution in [0.25, 0.3) is 0 Å². The summed E-state index contributed by atoms with van der Waals surface area (Å²) >= 11 is 0. The second-order valence-corrected chi connectivity index (χ2v) is 6.91. The van der Waals surface area contributed by atoms with E-state index in [0.717, 1.165) is 18.8 Å². The van der Waals surface area contributed by atoms with Gasteiger partial charge in [0, 0.05) is 30.5 Å². The number of hydrogen-bond donors (Lipinski definition) is 3. The lowest BCUT2D eigenvalue weighted by atomic mass is 10.2. The van der Waals surface area contributed by atoms with Gasteiger partial charge in [-0.15, -0.1) is 0 Å². The monoisotopic (exact) mass is 298 g/mol. The van der Waals surface area contributed by atoms with Crippen LogP contribution in [0.2, 0.25) is 0 Å². The van der Waals surface area contributed by atoms with Crippen molar-refractivity contribution in [1.82, 2.24) is 4.90 Å². The lowest BCUT2D eigenvalue weighted by molar-refractivity contribution is 0.337. The Labute approximate surface area is 120 Å². The van der Waals surface area contributed by atoms with Crippen molar-refractivity contribution in [3.05, 3.63) is 17.7 Å². The van der Waals surface area contributed by atoms with Gasteiger partial charge in [0.2, 0.25) is 10.0 Å². The van der Waals surface area contributed by atoms with Crippen LogP contribution in [0, 0.1) is 6.92 Å². The van der Waals surface area contributed by atoms with Crippen molar-refractivity contribution in [2.45, 2.75) is 30.7 Å². The van der Waals surface area contributed by atoms with Gasteiger partial charge in [0.05, 0.1) is 4.90 Å². The van der Waals surface area contributed by atoms with Crippen LogP contribution in [0.3, 0.4) is 0 Å². The van der Waals surface area contributed by atoms with Gasteiger partial charge in [0.1, 0.15) is 0 Å². The Morgan fingerprint density at radius 3 is 2.60 bits per heavy atom. The van der Waals surface area contributed by atoms with Crippen molar-refractivity contribution in [3.63, 3.8) is 0 Å². The zero-order chi connectivity index (χ0) is 14.9. The van der Waals surface area contributed by atoms with Crippen LogP contribution in [0.5, 0.6) is 0 Å². The van der Waals surface area contributed by atoms with Gasteiger partial charge in [-0.2, -0.15) is 0 Å². The first kappa shape index (κ1) is 15.1. The first-order valence-electron chi connectivity index (χ1n) is 6.66. The van der Waals surface area contributed by atoms with E-state index in [4.69, 9.17) is 10.9 Å². The average Bonchev–Trinajstić information content (AvgIpc) is 3.15. The largest absolute Gasteiger partial charge is 0.399 e. The minimum Gasteiger partial charge on any atom is -0.399 e. The van der Waals surface area contributed by atoms with Crippen molar-refractivity contribution < 1.29 is 8.42 Å². The van der Waals surface area contributed by atoms with Gasteiger partial charge in [0.25, 0.3) is 0 Å². The van der Waals surface area contributed by atoms with E-state index in [1.54, 1.807) is 13.0 Å². The second kappa shape index (κ2) is 5.59. The Kier molecular flexibility index (Phi) is 4.22. The summed E-state index contributed by atoms with van der Waals surface area (Å²) in [4.78, 5) is 2.38. The molecule has 0 aliphatic heterocycles. The number of rotatable bonds is 6. The fourth-order valence-electron chi connectivity index (χ4n) is 2.25. The molecule has 7 heteroatoms. The molecule has 1 aromatic rings. The molecule has 0 saturated heterocycles. The van der Waals surface area contributed by atoms with Crippen molar-refractivity contribution in [1.29, 1.82) is 0 Å². The molecule has 0 aromatic heterocycles. The molecule has 0 amide bonds. The highest BCUT2D eigenvalue weighted by molar-refractivity contribution is 7.89. The summed E-state index contributed by atoms with van der Waals surface area (Å²) in [5, 5.41) is 8.44. The SMILES string of the molecule is Cc1c(NCCN(C)C2CC2)cc(N)cc1S(N)(=O)=O. The Bertz CT molecular complexity index is 597. The Morgan fingerprint density at radius 1 is 1.40 bits per heavy atom. The third-order valence-corrected chi connectivity index (χ3v) is 4.68. The summed E-state index contributed by atoms with van der Waals surface area (Å²) in [6.45, 7) is 3.37. The number of nitrogen functional groups attached to an aromatic ring is 1. The smallest absolute Gasteiger partial charge is 0.238 e. The minimum absolute atomic E-state index is 0.0792. The molecule has 1 aromatic carbocycles. The highest BCUT2D eigenvalue weighted by Crippen LogP contribution is 2.27. The zero-order valence-corrected chi connectivity index (χ0v) is 12.7. The molecule has 20 heavy (non-hydrogen) atoms. The molecular formula is C13H22N4O2S. The van der Waals surface area contributed by atoms with Crippen LogP contribution >= 0.6 is 0 Å². The summed E-state index contributed by atoms with van der Waals surface area (Å²) in [5.74, 6) is 0. The first-order chi connectivity index (χ1) is 9.29. The number of nitrogens with one attached hydrogen (secondary N) is 1. The minimum atomic E-state index is -3.75. The maximum Gasteiger partial charge on any atom is 0.238 e. The highest BCUT2D eigenvalue weighted by Gasteiger charge is 2.25. The molecular weight excluding hydrogens is 276 g/mol. The molecule has 0 bridgehead atoms. The second-order valence-electron chi connectivity index (χ2n) is 5.38. The fourth-order valence-corrected chi connectivity index (χ4v) is 3.09. The van der Waals surface area contributed by atoms with Crippen LogP contribution in [0.15, 0.2) is 17.0 Å². The van der Waals surface area contributed by atoms with Gasteiger partial charge in [0.15, 0.2) is 0 Å². The predicted octanol–water partition coefficient (Wildman–Crippen LogP) is 0.731. The number of benzene rings is 1. The molecule has 1 aliphatic carbocycles. The van der Waals surface area contributed by atoms with Crippen LogP contribution < -0.4 is 16.2 Å². The lowest BCUT2D eigenvalue weighted by Crippen LogP contribution is -2.27. The third kappa shape index (κ3) is 3.62. The van der Waals surface area contributed by atoms with E-state index in [2.05, 4.69) is 17.3 Å². The van der Waals surface area contributed by atoms with Crippen molar-refractivity contribution in [2.75, 3.05) is 31.2 Å². The zero-order valence-electron chi connectivity index (χ0n) is 11.9. The van der Waals surface area contributed by atoms with E-state index in [-0.39, 0.29) is 4.90 Å². The Morgan fingerprint density at radius 2 is 2.05 bits per heavy atom. The molecule has 0 atom stereocenters. The van der Waals surface area contributed by atoms with Gasteiger partial charge < -0.3 is 16.0 Å². The fraction of sp³-hybridized carbons (Fsp3) is 0.538. The molecule has 2 rings (SSSR count). The molecule has 1 saturated carbocycles. The number of primary sulfonamides is 1. The van der Waals surface area contributed by atoms with E-state index >= 15 is 0 Å². The van der Waals surface area contributed by atoms with E-state index in [1.165, 1.54) is 18.9 Å². The molecule has 6 nitrogen and oxygen atoms in total. The maximum atomic E-state index is 11.5. The lowest BCUT2D eigenvalue weighted by Gasteiger charge is -2.18. The molecule has 5 N–H and O–H groups in total. The Balaban J connectivity index is 2.09. The standard InChI is InChI=1S/C13H22N4O2S/c1-9-12(16-5-6-17(2)11-3-4-11)7-10(14)8-13(9)20(15,18)19/h7-8,11,16H,3-6,14H2,1-2H3,(H2,15,18,19). The van der Waals surface area contributed by atoms with Crippen molar-refractivity contribution in [3.8, 4) is 0 Å². The number of likely N-dealkylation sites (N-methyl/N-ethyl adjacent to an activating group) is 1. The molecule has 0 unspecified atom stereocenters. The number of nitrogens with zero attached hydrogens (tertiary/aromatic N) is 1.